The molecular weight excluding hydrogens is 394 g/mol. The molecule has 1 aromatic heterocycles. The first kappa shape index (κ1) is 21.1. The van der Waals surface area contributed by atoms with Crippen LogP contribution in [0.4, 0.5) is 11.8 Å². The van der Waals surface area contributed by atoms with Gasteiger partial charge < -0.3 is 19.7 Å². The molecule has 0 bridgehead atoms. The number of ether oxygens (including phenoxy) is 2. The molecule has 3 rings (SSSR count). The topological polar surface area (TPSA) is 96.9 Å². The molecule has 1 fully saturated rings. The smallest absolute Gasteiger partial charge is 0.247 e. The lowest BCUT2D eigenvalue weighted by molar-refractivity contribution is 0.370. The molecule has 1 aromatic carbocycles. The van der Waals surface area contributed by atoms with E-state index in [1.54, 1.807) is 12.1 Å². The van der Waals surface area contributed by atoms with Crippen LogP contribution in [0.3, 0.4) is 0 Å². The average Bonchev–Trinajstić information content (AvgIpc) is 2.73. The van der Waals surface area contributed by atoms with Crippen LogP contribution in [-0.4, -0.2) is 69.6 Å². The highest BCUT2D eigenvalue weighted by Crippen LogP contribution is 2.31. The van der Waals surface area contributed by atoms with E-state index in [1.807, 2.05) is 19.9 Å². The van der Waals surface area contributed by atoms with Crippen molar-refractivity contribution in [3.8, 4) is 11.5 Å². The van der Waals surface area contributed by atoms with E-state index in [1.165, 1.54) is 24.6 Å². The van der Waals surface area contributed by atoms with Gasteiger partial charge in [0, 0.05) is 50.6 Å². The van der Waals surface area contributed by atoms with E-state index >= 15 is 0 Å². The molecule has 9 nitrogen and oxygen atoms in total. The molecule has 0 atom stereocenters. The third kappa shape index (κ3) is 4.54. The van der Waals surface area contributed by atoms with Crippen LogP contribution in [0.5, 0.6) is 11.5 Å². The second-order valence-corrected chi connectivity index (χ2v) is 8.54. The van der Waals surface area contributed by atoms with Gasteiger partial charge in [0.1, 0.15) is 22.2 Å². The summed E-state index contributed by atoms with van der Waals surface area (Å²) in [4.78, 5) is 11.1. The van der Waals surface area contributed by atoms with Crippen LogP contribution in [0.15, 0.2) is 29.2 Å². The number of hydrogen-bond acceptors (Lipinski definition) is 8. The molecule has 0 aliphatic carbocycles. The van der Waals surface area contributed by atoms with Gasteiger partial charge in [-0.2, -0.15) is 9.29 Å². The summed E-state index contributed by atoms with van der Waals surface area (Å²) < 4.78 is 38.3. The Hall–Kier alpha value is -2.59. The van der Waals surface area contributed by atoms with Gasteiger partial charge in [0.25, 0.3) is 0 Å². The summed E-state index contributed by atoms with van der Waals surface area (Å²) in [7, 11) is -0.753. The van der Waals surface area contributed by atoms with Gasteiger partial charge in [-0.25, -0.2) is 13.4 Å². The number of nitrogens with one attached hydrogen (secondary N) is 1. The molecule has 0 saturated carbocycles. The number of nitrogens with zero attached hydrogens (tertiary/aromatic N) is 4. The third-order valence-electron chi connectivity index (χ3n) is 4.73. The molecule has 1 aliphatic heterocycles. The van der Waals surface area contributed by atoms with Crippen LogP contribution in [-0.2, 0) is 10.0 Å². The van der Waals surface area contributed by atoms with E-state index < -0.39 is 10.0 Å². The first-order valence-electron chi connectivity index (χ1n) is 9.45. The Morgan fingerprint density at radius 3 is 2.41 bits per heavy atom. The first-order valence-corrected chi connectivity index (χ1v) is 10.9. The molecule has 10 heteroatoms. The summed E-state index contributed by atoms with van der Waals surface area (Å²) >= 11 is 0. The van der Waals surface area contributed by atoms with Gasteiger partial charge in [-0.15, -0.1) is 0 Å². The minimum absolute atomic E-state index is 0.111. The molecule has 29 heavy (non-hydrogen) atoms. The third-order valence-corrected chi connectivity index (χ3v) is 6.65. The van der Waals surface area contributed by atoms with Crippen molar-refractivity contribution < 1.29 is 17.9 Å². The number of aromatic nitrogens is 2. The molecule has 0 unspecified atom stereocenters. The maximum absolute atomic E-state index is 13.2. The average molecular weight is 422 g/mol. The molecular formula is C19H27N5O4S. The van der Waals surface area contributed by atoms with Gasteiger partial charge in [0.2, 0.25) is 16.0 Å². The Balaban J connectivity index is 1.78. The monoisotopic (exact) mass is 421 g/mol. The SMILES string of the molecule is CCNc1nc(C)cc(N2CCN(S(=O)(=O)c3cc(OC)ccc3OC)CC2)n1. The van der Waals surface area contributed by atoms with Crippen molar-refractivity contribution in [3.05, 3.63) is 30.0 Å². The molecule has 158 valence electrons. The van der Waals surface area contributed by atoms with Crippen molar-refractivity contribution in [2.24, 2.45) is 0 Å². The summed E-state index contributed by atoms with van der Waals surface area (Å²) in [6.07, 6.45) is 0. The first-order chi connectivity index (χ1) is 13.9. The quantitative estimate of drug-likeness (QED) is 0.722. The van der Waals surface area contributed by atoms with Crippen molar-refractivity contribution in [2.45, 2.75) is 18.7 Å². The second kappa shape index (κ2) is 8.83. The predicted octanol–water partition coefficient (Wildman–Crippen LogP) is 1.74. The maximum atomic E-state index is 13.2. The Bertz CT molecular complexity index is 959. The van der Waals surface area contributed by atoms with Gasteiger partial charge >= 0.3 is 0 Å². The number of methoxy groups -OCH3 is 2. The van der Waals surface area contributed by atoms with Gasteiger partial charge in [-0.3, -0.25) is 0 Å². The molecule has 1 aliphatic rings. The second-order valence-electron chi connectivity index (χ2n) is 6.63. The molecule has 0 spiro atoms. The van der Waals surface area contributed by atoms with Gasteiger partial charge in [-0.1, -0.05) is 0 Å². The van der Waals surface area contributed by atoms with Crippen LogP contribution in [0.2, 0.25) is 0 Å². The summed E-state index contributed by atoms with van der Waals surface area (Å²) in [5.74, 6) is 2.15. The highest BCUT2D eigenvalue weighted by Gasteiger charge is 2.31. The van der Waals surface area contributed by atoms with E-state index in [0.717, 1.165) is 18.1 Å². The normalized spacial score (nSPS) is 15.2. The molecule has 0 radical (unpaired) electrons. The lowest BCUT2D eigenvalue weighted by Crippen LogP contribution is -2.49. The molecule has 1 saturated heterocycles. The zero-order valence-corrected chi connectivity index (χ0v) is 18.0. The lowest BCUT2D eigenvalue weighted by atomic mass is 10.3. The number of anilines is 2. The van der Waals surface area contributed by atoms with Crippen LogP contribution >= 0.6 is 0 Å². The van der Waals surface area contributed by atoms with E-state index in [9.17, 15) is 8.42 Å². The van der Waals surface area contributed by atoms with Gasteiger partial charge in [0.05, 0.1) is 14.2 Å². The minimum Gasteiger partial charge on any atom is -0.497 e. The zero-order chi connectivity index (χ0) is 21.0. The maximum Gasteiger partial charge on any atom is 0.247 e. The number of piperazine rings is 1. The highest BCUT2D eigenvalue weighted by atomic mass is 32.2. The van der Waals surface area contributed by atoms with Crippen LogP contribution < -0.4 is 19.7 Å². The number of benzene rings is 1. The molecule has 0 amide bonds. The Labute approximate surface area is 171 Å². The summed E-state index contributed by atoms with van der Waals surface area (Å²) in [5, 5.41) is 3.12. The van der Waals surface area contributed by atoms with Crippen LogP contribution in [0, 0.1) is 6.92 Å². The highest BCUT2D eigenvalue weighted by molar-refractivity contribution is 7.89. The Morgan fingerprint density at radius 2 is 1.79 bits per heavy atom. The lowest BCUT2D eigenvalue weighted by Gasteiger charge is -2.35. The molecule has 1 N–H and O–H groups in total. The summed E-state index contributed by atoms with van der Waals surface area (Å²) in [6.45, 7) is 6.41. The Kier molecular flexibility index (Phi) is 6.43. The fraction of sp³-hybridized carbons (Fsp3) is 0.474. The van der Waals surface area contributed by atoms with E-state index in [-0.39, 0.29) is 4.90 Å². The van der Waals surface area contributed by atoms with Crippen molar-refractivity contribution in [3.63, 3.8) is 0 Å². The zero-order valence-electron chi connectivity index (χ0n) is 17.2. The van der Waals surface area contributed by atoms with Crippen molar-refractivity contribution in [1.29, 1.82) is 0 Å². The summed E-state index contributed by atoms with van der Waals surface area (Å²) in [5.41, 5.74) is 0.863. The van der Waals surface area contributed by atoms with Crippen LogP contribution in [0.25, 0.3) is 0 Å². The predicted molar refractivity (Wildman–Crippen MR) is 111 cm³/mol. The van der Waals surface area contributed by atoms with Crippen molar-refractivity contribution in [2.75, 3.05) is 57.2 Å². The van der Waals surface area contributed by atoms with Crippen molar-refractivity contribution >= 4 is 21.8 Å². The van der Waals surface area contributed by atoms with Gasteiger partial charge in [0.15, 0.2) is 0 Å². The molecule has 2 heterocycles. The number of aryl methyl sites for hydroxylation is 1. The Morgan fingerprint density at radius 1 is 1.07 bits per heavy atom. The standard InChI is InChI=1S/C19H27N5O4S/c1-5-20-19-21-14(2)12-18(22-19)23-8-10-24(11-9-23)29(25,26)17-13-15(27-3)6-7-16(17)28-4/h6-7,12-13H,5,8-11H2,1-4H3,(H,20,21,22). The number of sulfonamides is 1. The van der Waals surface area contributed by atoms with E-state index in [0.29, 0.717) is 43.6 Å². The number of hydrogen-bond donors (Lipinski definition) is 1. The summed E-state index contributed by atoms with van der Waals surface area (Å²) in [6, 6.07) is 6.69. The fourth-order valence-corrected chi connectivity index (χ4v) is 4.83. The van der Waals surface area contributed by atoms with E-state index in [4.69, 9.17) is 9.47 Å². The van der Waals surface area contributed by atoms with Crippen LogP contribution in [0.1, 0.15) is 12.6 Å². The minimum atomic E-state index is -3.71. The fourth-order valence-electron chi connectivity index (χ4n) is 3.23. The molecule has 2 aromatic rings. The number of rotatable bonds is 7. The van der Waals surface area contributed by atoms with E-state index in [2.05, 4.69) is 20.2 Å². The van der Waals surface area contributed by atoms with Crippen molar-refractivity contribution in [1.82, 2.24) is 14.3 Å². The van der Waals surface area contributed by atoms with Gasteiger partial charge in [-0.05, 0) is 26.0 Å². The largest absolute Gasteiger partial charge is 0.497 e.